The quantitative estimate of drug-likeness (QED) is 0.566. The van der Waals surface area contributed by atoms with Crippen LogP contribution in [0.15, 0.2) is 0 Å². The van der Waals surface area contributed by atoms with E-state index in [9.17, 15) is 4.79 Å². The van der Waals surface area contributed by atoms with E-state index in [-0.39, 0.29) is 6.09 Å². The van der Waals surface area contributed by atoms with Crippen molar-refractivity contribution in [1.29, 1.82) is 0 Å². The highest BCUT2D eigenvalue weighted by Gasteiger charge is 2.58. The number of nitrogens with zero attached hydrogens (tertiary/aromatic N) is 1. The smallest absolute Gasteiger partial charge is 0.409 e. The summed E-state index contributed by atoms with van der Waals surface area (Å²) in [5, 5.41) is 0. The van der Waals surface area contributed by atoms with Crippen LogP contribution >= 0.6 is 0 Å². The van der Waals surface area contributed by atoms with E-state index in [1.165, 1.54) is 26.4 Å². The van der Waals surface area contributed by atoms with E-state index in [1.807, 2.05) is 4.90 Å². The lowest BCUT2D eigenvalue weighted by atomic mass is 9.77. The SMILES string of the molecule is COC(=O)N1CC2C3CCC(C3)C21. The summed E-state index contributed by atoms with van der Waals surface area (Å²) in [6.07, 6.45) is 3.98. The number of hydrogen-bond acceptors (Lipinski definition) is 2. The number of carbonyl (C=O) groups excluding carboxylic acids is 1. The van der Waals surface area contributed by atoms with Gasteiger partial charge in [0.15, 0.2) is 0 Å². The van der Waals surface area contributed by atoms with Crippen molar-refractivity contribution < 1.29 is 9.53 Å². The minimum atomic E-state index is -0.117. The number of rotatable bonds is 0. The molecule has 4 atom stereocenters. The maximum absolute atomic E-state index is 11.3. The second-order valence-corrected chi connectivity index (χ2v) is 4.61. The largest absolute Gasteiger partial charge is 0.453 e. The van der Waals surface area contributed by atoms with Crippen molar-refractivity contribution in [2.24, 2.45) is 17.8 Å². The predicted octanol–water partition coefficient (Wildman–Crippen LogP) is 1.48. The van der Waals surface area contributed by atoms with Crippen LogP contribution < -0.4 is 0 Å². The van der Waals surface area contributed by atoms with E-state index in [1.54, 1.807) is 0 Å². The van der Waals surface area contributed by atoms with Crippen LogP contribution in [0.1, 0.15) is 19.3 Å². The van der Waals surface area contributed by atoms with E-state index in [2.05, 4.69) is 0 Å². The number of carbonyl (C=O) groups is 1. The van der Waals surface area contributed by atoms with Gasteiger partial charge in [0.05, 0.1) is 7.11 Å². The number of amides is 1. The molecule has 13 heavy (non-hydrogen) atoms. The van der Waals surface area contributed by atoms with Gasteiger partial charge in [-0.05, 0) is 31.1 Å². The molecule has 3 rings (SSSR count). The first-order valence-electron chi connectivity index (χ1n) is 5.16. The molecule has 0 N–H and O–H groups in total. The number of fused-ring (bicyclic) bond motifs is 5. The summed E-state index contributed by atoms with van der Waals surface area (Å²) in [4.78, 5) is 13.2. The molecule has 2 aliphatic carbocycles. The molecule has 0 aromatic carbocycles. The van der Waals surface area contributed by atoms with Crippen molar-refractivity contribution >= 4 is 6.09 Å². The standard InChI is InChI=1S/C10H15NO2/c1-13-10(12)11-5-8-6-2-3-7(4-6)9(8)11/h6-9H,2-5H2,1H3. The van der Waals surface area contributed by atoms with Crippen LogP contribution in [0.4, 0.5) is 4.79 Å². The van der Waals surface area contributed by atoms with Crippen LogP contribution in [0.25, 0.3) is 0 Å². The maximum Gasteiger partial charge on any atom is 0.409 e. The molecule has 3 nitrogen and oxygen atoms in total. The van der Waals surface area contributed by atoms with Crippen LogP contribution in [0.3, 0.4) is 0 Å². The van der Waals surface area contributed by atoms with Crippen LogP contribution in [-0.4, -0.2) is 30.7 Å². The highest BCUT2D eigenvalue weighted by molar-refractivity contribution is 5.69. The van der Waals surface area contributed by atoms with E-state index in [0.29, 0.717) is 6.04 Å². The number of methoxy groups -OCH3 is 1. The van der Waals surface area contributed by atoms with Gasteiger partial charge in [-0.3, -0.25) is 0 Å². The highest BCUT2D eigenvalue weighted by Crippen LogP contribution is 2.55. The second kappa shape index (κ2) is 2.40. The number of ether oxygens (including phenoxy) is 1. The van der Waals surface area contributed by atoms with Crippen LogP contribution in [0.2, 0.25) is 0 Å². The van der Waals surface area contributed by atoms with Gasteiger partial charge in [0.1, 0.15) is 0 Å². The fourth-order valence-electron chi connectivity index (χ4n) is 3.65. The first-order chi connectivity index (χ1) is 6.31. The van der Waals surface area contributed by atoms with E-state index >= 15 is 0 Å². The van der Waals surface area contributed by atoms with Crippen LogP contribution in [0, 0.1) is 17.8 Å². The molecule has 0 aromatic heterocycles. The topological polar surface area (TPSA) is 29.5 Å². The van der Waals surface area contributed by atoms with Gasteiger partial charge in [-0.1, -0.05) is 0 Å². The maximum atomic E-state index is 11.3. The molecule has 0 aromatic rings. The van der Waals surface area contributed by atoms with Crippen molar-refractivity contribution in [1.82, 2.24) is 4.90 Å². The lowest BCUT2D eigenvalue weighted by Crippen LogP contribution is -2.60. The molecule has 1 heterocycles. The lowest BCUT2D eigenvalue weighted by molar-refractivity contribution is -0.0140. The molecule has 0 spiro atoms. The van der Waals surface area contributed by atoms with Gasteiger partial charge in [0.25, 0.3) is 0 Å². The summed E-state index contributed by atoms with van der Waals surface area (Å²) >= 11 is 0. The third-order valence-corrected chi connectivity index (χ3v) is 4.22. The summed E-state index contributed by atoms with van der Waals surface area (Å²) in [6, 6.07) is 0.547. The van der Waals surface area contributed by atoms with Gasteiger partial charge in [-0.25, -0.2) is 4.79 Å². The Balaban J connectivity index is 1.75. The Labute approximate surface area is 78.0 Å². The summed E-state index contributed by atoms with van der Waals surface area (Å²) < 4.78 is 4.76. The highest BCUT2D eigenvalue weighted by atomic mass is 16.5. The van der Waals surface area contributed by atoms with Gasteiger partial charge >= 0.3 is 6.09 Å². The zero-order chi connectivity index (χ0) is 9.00. The first-order valence-corrected chi connectivity index (χ1v) is 5.16. The monoisotopic (exact) mass is 181 g/mol. The molecular formula is C10H15NO2. The Kier molecular flexibility index (Phi) is 1.41. The molecule has 72 valence electrons. The van der Waals surface area contributed by atoms with Crippen molar-refractivity contribution in [3.63, 3.8) is 0 Å². The molecule has 3 fully saturated rings. The molecule has 3 aliphatic rings. The zero-order valence-electron chi connectivity index (χ0n) is 7.90. The van der Waals surface area contributed by atoms with E-state index in [4.69, 9.17) is 4.74 Å². The molecule has 1 amide bonds. The predicted molar refractivity (Wildman–Crippen MR) is 47.2 cm³/mol. The van der Waals surface area contributed by atoms with Gasteiger partial charge in [0.2, 0.25) is 0 Å². The van der Waals surface area contributed by atoms with Crippen molar-refractivity contribution in [2.45, 2.75) is 25.3 Å². The van der Waals surface area contributed by atoms with E-state index in [0.717, 1.165) is 24.3 Å². The van der Waals surface area contributed by atoms with Crippen molar-refractivity contribution in [3.8, 4) is 0 Å². The van der Waals surface area contributed by atoms with Gasteiger partial charge in [0, 0.05) is 18.5 Å². The Bertz CT molecular complexity index is 251. The molecule has 2 bridgehead atoms. The van der Waals surface area contributed by atoms with E-state index < -0.39 is 0 Å². The summed E-state index contributed by atoms with van der Waals surface area (Å²) in [5.74, 6) is 2.54. The van der Waals surface area contributed by atoms with Crippen LogP contribution in [0.5, 0.6) is 0 Å². The fourth-order valence-corrected chi connectivity index (χ4v) is 3.65. The molecule has 3 heteroatoms. The van der Waals surface area contributed by atoms with Gasteiger partial charge in [-0.2, -0.15) is 0 Å². The number of hydrogen-bond donors (Lipinski definition) is 0. The number of likely N-dealkylation sites (tertiary alicyclic amines) is 1. The third-order valence-electron chi connectivity index (χ3n) is 4.22. The normalized spacial score (nSPS) is 45.8. The summed E-state index contributed by atoms with van der Waals surface area (Å²) in [5.41, 5.74) is 0. The molecule has 1 saturated heterocycles. The molecule has 2 saturated carbocycles. The summed E-state index contributed by atoms with van der Waals surface area (Å²) in [7, 11) is 1.48. The van der Waals surface area contributed by atoms with Gasteiger partial charge in [-0.15, -0.1) is 0 Å². The average molecular weight is 181 g/mol. The molecule has 0 radical (unpaired) electrons. The van der Waals surface area contributed by atoms with Gasteiger partial charge < -0.3 is 9.64 Å². The van der Waals surface area contributed by atoms with Crippen LogP contribution in [-0.2, 0) is 4.74 Å². The Morgan fingerprint density at radius 2 is 2.15 bits per heavy atom. The third kappa shape index (κ3) is 0.825. The Morgan fingerprint density at radius 1 is 1.38 bits per heavy atom. The van der Waals surface area contributed by atoms with Crippen molar-refractivity contribution in [2.75, 3.05) is 13.7 Å². The molecular weight excluding hydrogens is 166 g/mol. The zero-order valence-corrected chi connectivity index (χ0v) is 7.90. The fraction of sp³-hybridized carbons (Fsp3) is 0.900. The molecule has 1 aliphatic heterocycles. The summed E-state index contributed by atoms with van der Waals surface area (Å²) in [6.45, 7) is 0.957. The minimum absolute atomic E-state index is 0.117. The minimum Gasteiger partial charge on any atom is -0.453 e. The Hall–Kier alpha value is -0.730. The second-order valence-electron chi connectivity index (χ2n) is 4.61. The first kappa shape index (κ1) is 7.65. The Morgan fingerprint density at radius 3 is 2.85 bits per heavy atom. The average Bonchev–Trinajstić information content (AvgIpc) is 2.59. The molecule has 4 unspecified atom stereocenters. The lowest BCUT2D eigenvalue weighted by Gasteiger charge is -2.49. The van der Waals surface area contributed by atoms with Crippen molar-refractivity contribution in [3.05, 3.63) is 0 Å².